The van der Waals surface area contributed by atoms with Crippen LogP contribution in [0.4, 0.5) is 0 Å². The van der Waals surface area contributed by atoms with E-state index in [1.165, 1.54) is 50.9 Å². The molecule has 6 heteroatoms. The molecule has 1 aliphatic heterocycles. The molecule has 140 valence electrons. The third-order valence-corrected chi connectivity index (χ3v) is 5.01. The zero-order valence-corrected chi connectivity index (χ0v) is 16.4. The summed E-state index contributed by atoms with van der Waals surface area (Å²) in [5.74, 6) is 1.78. The minimum Gasteiger partial charge on any atom is -0.356 e. The van der Waals surface area contributed by atoms with E-state index in [1.54, 1.807) is 0 Å². The minimum atomic E-state index is 0.535. The number of guanidine groups is 1. The van der Waals surface area contributed by atoms with Crippen molar-refractivity contribution < 1.29 is 0 Å². The predicted molar refractivity (Wildman–Crippen MR) is 106 cm³/mol. The summed E-state index contributed by atoms with van der Waals surface area (Å²) in [7, 11) is 1.81. The molecule has 0 amide bonds. The van der Waals surface area contributed by atoms with Gasteiger partial charge in [0, 0.05) is 26.3 Å². The molecular formula is C19H32ClN5. The number of halogens is 1. The Kier molecular flexibility index (Phi) is 9.05. The van der Waals surface area contributed by atoms with Gasteiger partial charge in [0.05, 0.1) is 0 Å². The Bertz CT molecular complexity index is 509. The maximum atomic E-state index is 5.80. The van der Waals surface area contributed by atoms with Gasteiger partial charge in [-0.3, -0.25) is 4.99 Å². The first-order valence-corrected chi connectivity index (χ1v) is 9.82. The van der Waals surface area contributed by atoms with Gasteiger partial charge in [-0.05, 0) is 69.3 Å². The molecule has 5 nitrogen and oxygen atoms in total. The molecule has 0 unspecified atom stereocenters. The summed E-state index contributed by atoms with van der Waals surface area (Å²) in [6.07, 6.45) is 7.86. The van der Waals surface area contributed by atoms with Gasteiger partial charge in [0.25, 0.3) is 0 Å². The van der Waals surface area contributed by atoms with Gasteiger partial charge in [-0.25, -0.2) is 4.98 Å². The number of nitrogens with zero attached hydrogens (tertiary/aromatic N) is 3. The summed E-state index contributed by atoms with van der Waals surface area (Å²) >= 11 is 5.80. The van der Waals surface area contributed by atoms with Crippen molar-refractivity contribution in [3.63, 3.8) is 0 Å². The second-order valence-corrected chi connectivity index (χ2v) is 7.28. The largest absolute Gasteiger partial charge is 0.356 e. The van der Waals surface area contributed by atoms with E-state index in [4.69, 9.17) is 11.6 Å². The van der Waals surface area contributed by atoms with Crippen LogP contribution in [0.5, 0.6) is 0 Å². The summed E-state index contributed by atoms with van der Waals surface area (Å²) in [5, 5.41) is 7.27. The first-order chi connectivity index (χ1) is 12.2. The van der Waals surface area contributed by atoms with Crippen LogP contribution in [0, 0.1) is 5.92 Å². The average Bonchev–Trinajstić information content (AvgIpc) is 2.63. The van der Waals surface area contributed by atoms with Crippen molar-refractivity contribution in [2.24, 2.45) is 10.9 Å². The third kappa shape index (κ3) is 8.06. The fraction of sp³-hybridized carbons (Fsp3) is 0.684. The molecule has 2 heterocycles. The summed E-state index contributed by atoms with van der Waals surface area (Å²) in [6, 6.07) is 3.83. The number of unbranched alkanes of at least 4 members (excludes halogenated alkanes) is 1. The monoisotopic (exact) mass is 365 g/mol. The molecule has 1 fully saturated rings. The Labute approximate surface area is 157 Å². The van der Waals surface area contributed by atoms with Crippen LogP contribution in [-0.4, -0.2) is 55.6 Å². The Morgan fingerprint density at radius 3 is 2.68 bits per heavy atom. The topological polar surface area (TPSA) is 52.6 Å². The number of hydrogen-bond acceptors (Lipinski definition) is 3. The highest BCUT2D eigenvalue weighted by atomic mass is 35.5. The molecule has 1 aliphatic rings. The Morgan fingerprint density at radius 2 is 2.00 bits per heavy atom. The normalized spacial score (nSPS) is 16.8. The van der Waals surface area contributed by atoms with E-state index in [9.17, 15) is 0 Å². The molecule has 0 aromatic carbocycles. The van der Waals surface area contributed by atoms with Gasteiger partial charge < -0.3 is 15.5 Å². The lowest BCUT2D eigenvalue weighted by Crippen LogP contribution is -2.39. The number of likely N-dealkylation sites (tertiary alicyclic amines) is 1. The first kappa shape index (κ1) is 20.0. The molecule has 1 aromatic rings. The summed E-state index contributed by atoms with van der Waals surface area (Å²) in [4.78, 5) is 11.0. The second kappa shape index (κ2) is 11.3. The smallest absolute Gasteiger partial charge is 0.190 e. The summed E-state index contributed by atoms with van der Waals surface area (Å²) in [6.45, 7) is 7.93. The molecule has 2 N–H and O–H groups in total. The predicted octanol–water partition coefficient (Wildman–Crippen LogP) is 2.95. The van der Waals surface area contributed by atoms with Gasteiger partial charge >= 0.3 is 0 Å². The van der Waals surface area contributed by atoms with Gasteiger partial charge in [-0.2, -0.15) is 0 Å². The van der Waals surface area contributed by atoms with Gasteiger partial charge in [-0.1, -0.05) is 24.6 Å². The molecule has 0 atom stereocenters. The van der Waals surface area contributed by atoms with E-state index in [1.807, 2.05) is 25.4 Å². The minimum absolute atomic E-state index is 0.535. The van der Waals surface area contributed by atoms with Gasteiger partial charge in [0.2, 0.25) is 0 Å². The molecule has 2 rings (SSSR count). The lowest BCUT2D eigenvalue weighted by atomic mass is 9.99. The van der Waals surface area contributed by atoms with E-state index < -0.39 is 0 Å². The van der Waals surface area contributed by atoms with Crippen molar-refractivity contribution in [2.45, 2.75) is 39.0 Å². The van der Waals surface area contributed by atoms with Gasteiger partial charge in [0.1, 0.15) is 5.15 Å². The van der Waals surface area contributed by atoms with Crippen LogP contribution in [0.1, 0.15) is 38.2 Å². The molecule has 1 saturated heterocycles. The SMILES string of the molecule is CN=C(NCCCCN1CCC(C)CC1)NCCc1ccc(Cl)nc1. The molecule has 1 aromatic heterocycles. The van der Waals surface area contributed by atoms with Crippen LogP contribution in [0.2, 0.25) is 5.15 Å². The van der Waals surface area contributed by atoms with Crippen molar-refractivity contribution in [1.82, 2.24) is 20.5 Å². The number of aromatic nitrogens is 1. The lowest BCUT2D eigenvalue weighted by Gasteiger charge is -2.30. The standard InChI is InChI=1S/C19H32ClN5/c1-16-8-13-25(14-9-16)12-4-3-10-22-19(21-2)23-11-7-17-5-6-18(20)24-15-17/h5-6,15-16H,3-4,7-14H2,1-2H3,(H2,21,22,23). The fourth-order valence-corrected chi connectivity index (χ4v) is 3.16. The second-order valence-electron chi connectivity index (χ2n) is 6.90. The maximum Gasteiger partial charge on any atom is 0.190 e. The van der Waals surface area contributed by atoms with Crippen LogP contribution in [0.15, 0.2) is 23.3 Å². The van der Waals surface area contributed by atoms with Crippen LogP contribution >= 0.6 is 11.6 Å². The van der Waals surface area contributed by atoms with Crippen molar-refractivity contribution in [1.29, 1.82) is 0 Å². The number of hydrogen-bond donors (Lipinski definition) is 2. The molecule has 0 saturated carbocycles. The van der Waals surface area contributed by atoms with E-state index in [-0.39, 0.29) is 0 Å². The van der Waals surface area contributed by atoms with Crippen LogP contribution in [0.3, 0.4) is 0 Å². The molecule has 0 spiro atoms. The van der Waals surface area contributed by atoms with Gasteiger partial charge in [0.15, 0.2) is 5.96 Å². The highest BCUT2D eigenvalue weighted by molar-refractivity contribution is 6.29. The maximum absolute atomic E-state index is 5.80. The number of nitrogens with one attached hydrogen (secondary N) is 2. The molecule has 25 heavy (non-hydrogen) atoms. The van der Waals surface area contributed by atoms with Crippen LogP contribution in [0.25, 0.3) is 0 Å². The Morgan fingerprint density at radius 1 is 1.24 bits per heavy atom. The lowest BCUT2D eigenvalue weighted by molar-refractivity contribution is 0.189. The fourth-order valence-electron chi connectivity index (χ4n) is 3.05. The number of rotatable bonds is 8. The molecule has 0 bridgehead atoms. The Hall–Kier alpha value is -1.33. The Balaban J connectivity index is 1.52. The van der Waals surface area contributed by atoms with Crippen molar-refractivity contribution >= 4 is 17.6 Å². The highest BCUT2D eigenvalue weighted by Crippen LogP contribution is 2.16. The van der Waals surface area contributed by atoms with Crippen molar-refractivity contribution in [3.05, 3.63) is 29.0 Å². The zero-order valence-electron chi connectivity index (χ0n) is 15.6. The quantitative estimate of drug-likeness (QED) is 0.322. The van der Waals surface area contributed by atoms with E-state index in [2.05, 4.69) is 32.4 Å². The molecule has 0 radical (unpaired) electrons. The van der Waals surface area contributed by atoms with E-state index >= 15 is 0 Å². The summed E-state index contributed by atoms with van der Waals surface area (Å²) < 4.78 is 0. The molecular weight excluding hydrogens is 334 g/mol. The van der Waals surface area contributed by atoms with E-state index in [0.29, 0.717) is 5.15 Å². The number of piperidine rings is 1. The number of aliphatic imine (C=N–C) groups is 1. The average molecular weight is 366 g/mol. The third-order valence-electron chi connectivity index (χ3n) is 4.79. The summed E-state index contributed by atoms with van der Waals surface area (Å²) in [5.41, 5.74) is 1.17. The number of pyridine rings is 1. The van der Waals surface area contributed by atoms with Crippen LogP contribution < -0.4 is 10.6 Å². The van der Waals surface area contributed by atoms with E-state index in [0.717, 1.165) is 31.4 Å². The van der Waals surface area contributed by atoms with Crippen molar-refractivity contribution in [2.75, 3.05) is 39.8 Å². The first-order valence-electron chi connectivity index (χ1n) is 9.44. The van der Waals surface area contributed by atoms with Crippen molar-refractivity contribution in [3.8, 4) is 0 Å². The highest BCUT2D eigenvalue weighted by Gasteiger charge is 2.14. The molecule has 0 aliphatic carbocycles. The zero-order chi connectivity index (χ0) is 17.9. The van der Waals surface area contributed by atoms with Gasteiger partial charge in [-0.15, -0.1) is 0 Å². The van der Waals surface area contributed by atoms with Crippen LogP contribution in [-0.2, 0) is 6.42 Å².